The van der Waals surface area contributed by atoms with E-state index in [4.69, 9.17) is 4.98 Å². The maximum atomic E-state index is 13.2. The third kappa shape index (κ3) is 3.76. The molecule has 1 atom stereocenters. The topological polar surface area (TPSA) is 70.5 Å². The van der Waals surface area contributed by atoms with E-state index in [0.717, 1.165) is 32.5 Å². The summed E-state index contributed by atoms with van der Waals surface area (Å²) in [5.74, 6) is -1.14. The van der Waals surface area contributed by atoms with E-state index in [0.29, 0.717) is 5.13 Å². The molecule has 6 heteroatoms. The molecule has 0 saturated heterocycles. The molecular weight excluding hydrogens is 408 g/mol. The van der Waals surface area contributed by atoms with Crippen LogP contribution in [0.1, 0.15) is 48.6 Å². The minimum Gasteiger partial charge on any atom is -0.503 e. The third-order valence-electron chi connectivity index (χ3n) is 5.66. The summed E-state index contributed by atoms with van der Waals surface area (Å²) in [7, 11) is 0. The van der Waals surface area contributed by atoms with Crippen molar-refractivity contribution in [1.29, 1.82) is 0 Å². The number of thiazole rings is 1. The normalized spacial score (nSPS) is 16.8. The van der Waals surface area contributed by atoms with Gasteiger partial charge in [0.2, 0.25) is 0 Å². The molecule has 0 spiro atoms. The standard InChI is InChI=1S/C25H26N2O3S/c1-13(2)9-19(28)21-22(17-8-6-7-14(3)10-17)27(24(30)23(21)29)25-26-18-11-15(4)16(5)12-20(18)31-25/h6-8,10-13,22,29H,9H2,1-5H3. The average Bonchev–Trinajstić information content (AvgIpc) is 3.20. The van der Waals surface area contributed by atoms with Crippen LogP contribution >= 0.6 is 11.3 Å². The molecule has 31 heavy (non-hydrogen) atoms. The summed E-state index contributed by atoms with van der Waals surface area (Å²) in [6.07, 6.45) is 0.265. The fraction of sp³-hybridized carbons (Fsp3) is 0.320. The van der Waals surface area contributed by atoms with Crippen molar-refractivity contribution in [2.24, 2.45) is 5.92 Å². The Balaban J connectivity index is 1.88. The molecule has 0 radical (unpaired) electrons. The highest BCUT2D eigenvalue weighted by molar-refractivity contribution is 7.22. The summed E-state index contributed by atoms with van der Waals surface area (Å²) in [5, 5.41) is 11.3. The van der Waals surface area contributed by atoms with Gasteiger partial charge >= 0.3 is 0 Å². The van der Waals surface area contributed by atoms with Crippen molar-refractivity contribution in [3.05, 3.63) is 70.0 Å². The Labute approximate surface area is 186 Å². The predicted octanol–water partition coefficient (Wildman–Crippen LogP) is 5.74. The monoisotopic (exact) mass is 434 g/mol. The van der Waals surface area contributed by atoms with Crippen molar-refractivity contribution >= 4 is 38.4 Å². The van der Waals surface area contributed by atoms with Gasteiger partial charge in [0, 0.05) is 6.42 Å². The zero-order chi connectivity index (χ0) is 22.4. The van der Waals surface area contributed by atoms with Crippen LogP contribution in [0.3, 0.4) is 0 Å². The Bertz CT molecular complexity index is 1200. The molecule has 1 amide bonds. The highest BCUT2D eigenvalue weighted by atomic mass is 32.1. The number of amides is 1. The van der Waals surface area contributed by atoms with E-state index in [-0.39, 0.29) is 23.7 Å². The van der Waals surface area contributed by atoms with Crippen LogP contribution in [-0.2, 0) is 9.59 Å². The Kier molecular flexibility index (Phi) is 5.43. The first-order valence-electron chi connectivity index (χ1n) is 10.4. The summed E-state index contributed by atoms with van der Waals surface area (Å²) < 4.78 is 0.968. The lowest BCUT2D eigenvalue weighted by atomic mass is 9.91. The molecule has 2 heterocycles. The van der Waals surface area contributed by atoms with Crippen LogP contribution in [-0.4, -0.2) is 21.8 Å². The number of aliphatic hydroxyl groups excluding tert-OH is 1. The number of benzene rings is 2. The number of aliphatic hydroxyl groups is 1. The zero-order valence-corrected chi connectivity index (χ0v) is 19.2. The Morgan fingerprint density at radius 3 is 2.55 bits per heavy atom. The lowest BCUT2D eigenvalue weighted by Gasteiger charge is -2.25. The molecule has 0 aliphatic carbocycles. The van der Waals surface area contributed by atoms with Crippen LogP contribution in [0.4, 0.5) is 5.13 Å². The molecule has 1 aliphatic heterocycles. The molecule has 0 fully saturated rings. The Morgan fingerprint density at radius 2 is 1.87 bits per heavy atom. The van der Waals surface area contributed by atoms with Crippen LogP contribution in [0.5, 0.6) is 0 Å². The number of carbonyl (C=O) groups is 2. The molecule has 1 unspecified atom stereocenters. The summed E-state index contributed by atoms with van der Waals surface area (Å²) in [5.41, 5.74) is 5.05. The summed E-state index contributed by atoms with van der Waals surface area (Å²) in [4.78, 5) is 32.5. The molecule has 1 aromatic heterocycles. The van der Waals surface area contributed by atoms with E-state index in [1.54, 1.807) is 0 Å². The molecule has 160 valence electrons. The number of aromatic nitrogens is 1. The minimum atomic E-state index is -0.693. The first-order valence-corrected chi connectivity index (χ1v) is 11.2. The summed E-state index contributed by atoms with van der Waals surface area (Å²) >= 11 is 1.40. The summed E-state index contributed by atoms with van der Waals surface area (Å²) in [6.45, 7) is 9.93. The third-order valence-corrected chi connectivity index (χ3v) is 6.68. The summed E-state index contributed by atoms with van der Waals surface area (Å²) in [6, 6.07) is 11.1. The number of ketones is 1. The molecule has 0 saturated carbocycles. The lowest BCUT2D eigenvalue weighted by molar-refractivity contribution is -0.118. The van der Waals surface area contributed by atoms with E-state index < -0.39 is 17.7 Å². The highest BCUT2D eigenvalue weighted by Crippen LogP contribution is 2.44. The maximum absolute atomic E-state index is 13.2. The van der Waals surface area contributed by atoms with Crippen LogP contribution in [0.2, 0.25) is 0 Å². The van der Waals surface area contributed by atoms with Crippen LogP contribution < -0.4 is 4.90 Å². The largest absolute Gasteiger partial charge is 0.503 e. The number of rotatable bonds is 5. The van der Waals surface area contributed by atoms with Crippen molar-refractivity contribution in [2.75, 3.05) is 4.90 Å². The van der Waals surface area contributed by atoms with Crippen molar-refractivity contribution in [1.82, 2.24) is 4.98 Å². The molecule has 2 aromatic carbocycles. The molecule has 4 rings (SSSR count). The van der Waals surface area contributed by atoms with E-state index >= 15 is 0 Å². The van der Waals surface area contributed by atoms with Gasteiger partial charge < -0.3 is 5.11 Å². The van der Waals surface area contributed by atoms with Crippen molar-refractivity contribution in [2.45, 2.75) is 47.1 Å². The molecule has 5 nitrogen and oxygen atoms in total. The first kappa shape index (κ1) is 21.2. The average molecular weight is 435 g/mol. The van der Waals surface area contributed by atoms with Crippen molar-refractivity contribution in [3.63, 3.8) is 0 Å². The number of anilines is 1. The van der Waals surface area contributed by atoms with Gasteiger partial charge in [-0.3, -0.25) is 14.5 Å². The van der Waals surface area contributed by atoms with E-state index in [1.165, 1.54) is 16.2 Å². The highest BCUT2D eigenvalue weighted by Gasteiger charge is 2.45. The van der Waals surface area contributed by atoms with E-state index in [2.05, 4.69) is 6.07 Å². The maximum Gasteiger partial charge on any atom is 0.296 e. The Hall–Kier alpha value is -2.99. The SMILES string of the molecule is Cc1cccc(C2C(C(=O)CC(C)C)=C(O)C(=O)N2c2nc3cc(C)c(C)cc3s2)c1. The zero-order valence-electron chi connectivity index (χ0n) is 18.4. The smallest absolute Gasteiger partial charge is 0.296 e. The molecular formula is C25H26N2O3S. The molecule has 3 aromatic rings. The van der Waals surface area contributed by atoms with Gasteiger partial charge in [0.05, 0.1) is 21.8 Å². The predicted molar refractivity (Wildman–Crippen MR) is 125 cm³/mol. The second-order valence-corrected chi connectivity index (χ2v) is 9.68. The van der Waals surface area contributed by atoms with E-state index in [1.807, 2.05) is 65.0 Å². The fourth-order valence-corrected chi connectivity index (χ4v) is 5.07. The molecule has 0 bridgehead atoms. The number of hydrogen-bond acceptors (Lipinski definition) is 5. The van der Waals surface area contributed by atoms with Gasteiger partial charge in [-0.1, -0.05) is 55.0 Å². The van der Waals surface area contributed by atoms with Crippen molar-refractivity contribution in [3.8, 4) is 0 Å². The fourth-order valence-electron chi connectivity index (χ4n) is 3.99. The van der Waals surface area contributed by atoms with Crippen LogP contribution in [0.15, 0.2) is 47.7 Å². The van der Waals surface area contributed by atoms with Gasteiger partial charge in [-0.2, -0.15) is 0 Å². The van der Waals surface area contributed by atoms with Gasteiger partial charge in [0.1, 0.15) is 0 Å². The number of hydrogen-bond donors (Lipinski definition) is 1. The number of Topliss-reactive ketones (excluding diaryl/α,β-unsaturated/α-hetero) is 1. The number of aryl methyl sites for hydroxylation is 3. The quantitative estimate of drug-likeness (QED) is 0.556. The number of carbonyl (C=O) groups excluding carboxylic acids is 2. The van der Waals surface area contributed by atoms with Gasteiger partial charge in [-0.05, 0) is 55.5 Å². The van der Waals surface area contributed by atoms with Gasteiger partial charge in [0.25, 0.3) is 5.91 Å². The first-order chi connectivity index (χ1) is 14.7. The van der Waals surface area contributed by atoms with Crippen molar-refractivity contribution < 1.29 is 14.7 Å². The second kappa shape index (κ2) is 7.93. The van der Waals surface area contributed by atoms with Gasteiger partial charge in [-0.15, -0.1) is 0 Å². The van der Waals surface area contributed by atoms with Crippen LogP contribution in [0.25, 0.3) is 10.2 Å². The minimum absolute atomic E-state index is 0.114. The number of nitrogens with zero attached hydrogens (tertiary/aromatic N) is 2. The Morgan fingerprint density at radius 1 is 1.16 bits per heavy atom. The van der Waals surface area contributed by atoms with Gasteiger partial charge in [0.15, 0.2) is 16.7 Å². The molecule has 1 aliphatic rings. The van der Waals surface area contributed by atoms with Gasteiger partial charge in [-0.25, -0.2) is 4.98 Å². The second-order valence-electron chi connectivity index (χ2n) is 8.68. The molecule has 1 N–H and O–H groups in total. The number of fused-ring (bicyclic) bond motifs is 1. The van der Waals surface area contributed by atoms with E-state index in [9.17, 15) is 14.7 Å². The van der Waals surface area contributed by atoms with Crippen LogP contribution in [0, 0.1) is 26.7 Å². The lowest BCUT2D eigenvalue weighted by Crippen LogP contribution is -2.31.